The average Bonchev–Trinajstić information content (AvgIpc) is 2.27. The van der Waals surface area contributed by atoms with Gasteiger partial charge in [0.15, 0.2) is 0 Å². The van der Waals surface area contributed by atoms with E-state index in [9.17, 15) is 8.42 Å². The summed E-state index contributed by atoms with van der Waals surface area (Å²) in [5.74, 6) is 0.311. The van der Waals surface area contributed by atoms with Crippen molar-refractivity contribution >= 4 is 9.84 Å². The summed E-state index contributed by atoms with van der Waals surface area (Å²) < 4.78 is 22.1. The highest BCUT2D eigenvalue weighted by Crippen LogP contribution is 2.15. The van der Waals surface area contributed by atoms with E-state index in [1.807, 2.05) is 0 Å². The van der Waals surface area contributed by atoms with E-state index in [0.717, 1.165) is 19.5 Å². The second-order valence-corrected chi connectivity index (χ2v) is 7.39. The summed E-state index contributed by atoms with van der Waals surface area (Å²) in [6.07, 6.45) is 4.49. The number of sulfone groups is 1. The van der Waals surface area contributed by atoms with Gasteiger partial charge in [0, 0.05) is 12.3 Å². The molecule has 0 aliphatic carbocycles. The summed E-state index contributed by atoms with van der Waals surface area (Å²) >= 11 is 0. The maximum absolute atomic E-state index is 11.0. The fraction of sp³-hybridized carbons (Fsp3) is 1.00. The van der Waals surface area contributed by atoms with Gasteiger partial charge in [-0.05, 0) is 52.5 Å². The van der Waals surface area contributed by atoms with Gasteiger partial charge in [-0.15, -0.1) is 0 Å². The van der Waals surface area contributed by atoms with Gasteiger partial charge in [0.05, 0.1) is 5.75 Å². The first kappa shape index (κ1) is 14.9. The molecule has 0 amide bonds. The van der Waals surface area contributed by atoms with Crippen LogP contribution in [0.15, 0.2) is 0 Å². The quantitative estimate of drug-likeness (QED) is 0.711. The van der Waals surface area contributed by atoms with Crippen LogP contribution in [0.2, 0.25) is 0 Å². The molecule has 1 rings (SSSR count). The lowest BCUT2D eigenvalue weighted by Gasteiger charge is -2.36. The van der Waals surface area contributed by atoms with Crippen LogP contribution >= 0.6 is 0 Å². The molecular weight excluding hydrogens is 236 g/mol. The minimum atomic E-state index is -2.80. The normalized spacial score (nSPS) is 20.0. The third-order valence-electron chi connectivity index (χ3n) is 3.65. The molecule has 5 heteroatoms. The van der Waals surface area contributed by atoms with Gasteiger partial charge in [-0.3, -0.25) is 0 Å². The summed E-state index contributed by atoms with van der Waals surface area (Å²) in [4.78, 5) is 4.80. The van der Waals surface area contributed by atoms with Crippen LogP contribution < -0.4 is 0 Å². The Labute approximate surface area is 106 Å². The number of hydrogen-bond donors (Lipinski definition) is 0. The number of likely N-dealkylation sites (tertiary alicyclic amines) is 1. The lowest BCUT2D eigenvalue weighted by molar-refractivity contribution is 0.132. The Bertz CT molecular complexity index is 308. The molecular formula is C12H26N2O2S. The Hall–Kier alpha value is -0.130. The lowest BCUT2D eigenvalue weighted by Crippen LogP contribution is -2.43. The molecule has 0 aromatic carbocycles. The Kier molecular flexibility index (Phi) is 5.89. The van der Waals surface area contributed by atoms with Crippen LogP contribution in [0, 0.1) is 0 Å². The summed E-state index contributed by atoms with van der Waals surface area (Å²) in [6.45, 7) is 6.60. The van der Waals surface area contributed by atoms with Crippen molar-refractivity contribution in [3.63, 3.8) is 0 Å². The Morgan fingerprint density at radius 1 is 1.29 bits per heavy atom. The molecule has 0 bridgehead atoms. The van der Waals surface area contributed by atoms with Gasteiger partial charge in [0.2, 0.25) is 0 Å². The second kappa shape index (κ2) is 6.71. The van der Waals surface area contributed by atoms with Gasteiger partial charge in [-0.2, -0.15) is 0 Å². The third kappa shape index (κ3) is 5.84. The number of hydrogen-bond acceptors (Lipinski definition) is 4. The molecule has 17 heavy (non-hydrogen) atoms. The minimum Gasteiger partial charge on any atom is -0.303 e. The van der Waals surface area contributed by atoms with Gasteiger partial charge in [-0.25, -0.2) is 8.42 Å². The highest BCUT2D eigenvalue weighted by Gasteiger charge is 2.21. The van der Waals surface area contributed by atoms with E-state index < -0.39 is 9.84 Å². The van der Waals surface area contributed by atoms with Crippen LogP contribution in [0.5, 0.6) is 0 Å². The van der Waals surface area contributed by atoms with E-state index in [-0.39, 0.29) is 0 Å². The topological polar surface area (TPSA) is 40.6 Å². The van der Waals surface area contributed by atoms with Crippen LogP contribution in [0.4, 0.5) is 0 Å². The average molecular weight is 262 g/mol. The zero-order valence-corrected chi connectivity index (χ0v) is 12.2. The van der Waals surface area contributed by atoms with Crippen molar-refractivity contribution in [2.24, 2.45) is 0 Å². The van der Waals surface area contributed by atoms with Gasteiger partial charge >= 0.3 is 0 Å². The fourth-order valence-corrected chi connectivity index (χ4v) is 3.09. The highest BCUT2D eigenvalue weighted by molar-refractivity contribution is 7.90. The smallest absolute Gasteiger partial charge is 0.147 e. The van der Waals surface area contributed by atoms with E-state index >= 15 is 0 Å². The summed E-state index contributed by atoms with van der Waals surface area (Å²) in [7, 11) is -0.679. The van der Waals surface area contributed by atoms with Gasteiger partial charge in [-0.1, -0.05) is 6.92 Å². The zero-order valence-electron chi connectivity index (χ0n) is 11.4. The Morgan fingerprint density at radius 3 is 2.35 bits per heavy atom. The minimum absolute atomic E-state index is 0.311. The Balaban J connectivity index is 2.22. The molecule has 0 unspecified atom stereocenters. The predicted octanol–water partition coefficient (Wildman–Crippen LogP) is 0.837. The standard InChI is InChI=1S/C12H26N2O2S/c1-4-14-9-6-12(7-10-14)13(2)8-5-11-17(3,15)16/h12H,4-11H2,1-3H3. The van der Waals surface area contributed by atoms with Crippen molar-refractivity contribution in [1.82, 2.24) is 9.80 Å². The zero-order chi connectivity index (χ0) is 12.9. The van der Waals surface area contributed by atoms with E-state index in [1.165, 1.54) is 32.2 Å². The first-order valence-corrected chi connectivity index (χ1v) is 8.58. The van der Waals surface area contributed by atoms with Crippen molar-refractivity contribution < 1.29 is 8.42 Å². The van der Waals surface area contributed by atoms with Crippen molar-refractivity contribution in [1.29, 1.82) is 0 Å². The van der Waals surface area contributed by atoms with Crippen molar-refractivity contribution in [2.45, 2.75) is 32.2 Å². The van der Waals surface area contributed by atoms with Crippen molar-refractivity contribution in [3.05, 3.63) is 0 Å². The van der Waals surface area contributed by atoms with Crippen molar-refractivity contribution in [3.8, 4) is 0 Å². The molecule has 0 spiro atoms. The van der Waals surface area contributed by atoms with Gasteiger partial charge < -0.3 is 9.80 Å². The van der Waals surface area contributed by atoms with Crippen LogP contribution in [0.3, 0.4) is 0 Å². The van der Waals surface area contributed by atoms with Crippen LogP contribution in [-0.4, -0.2) is 69.5 Å². The summed E-state index contributed by atoms with van der Waals surface area (Å²) in [5, 5.41) is 0. The van der Waals surface area contributed by atoms with E-state index in [0.29, 0.717) is 11.8 Å². The van der Waals surface area contributed by atoms with Crippen LogP contribution in [0.25, 0.3) is 0 Å². The molecule has 102 valence electrons. The largest absolute Gasteiger partial charge is 0.303 e. The number of rotatable bonds is 6. The SMILES string of the molecule is CCN1CCC(N(C)CCCS(C)(=O)=O)CC1. The van der Waals surface area contributed by atoms with Crippen molar-refractivity contribution in [2.75, 3.05) is 45.2 Å². The molecule has 0 N–H and O–H groups in total. The first-order valence-electron chi connectivity index (χ1n) is 6.52. The summed E-state index contributed by atoms with van der Waals surface area (Å²) in [6, 6.07) is 0.636. The van der Waals surface area contributed by atoms with Crippen LogP contribution in [-0.2, 0) is 9.84 Å². The van der Waals surface area contributed by atoms with Gasteiger partial charge in [0.1, 0.15) is 9.84 Å². The molecule has 1 fully saturated rings. The number of piperidine rings is 1. The molecule has 4 nitrogen and oxygen atoms in total. The Morgan fingerprint density at radius 2 is 1.88 bits per heavy atom. The first-order chi connectivity index (χ1) is 7.92. The van der Waals surface area contributed by atoms with E-state index in [1.54, 1.807) is 0 Å². The molecule has 1 aliphatic rings. The monoisotopic (exact) mass is 262 g/mol. The fourth-order valence-electron chi connectivity index (χ4n) is 2.44. The van der Waals surface area contributed by atoms with E-state index in [2.05, 4.69) is 23.8 Å². The molecule has 0 aromatic rings. The maximum atomic E-state index is 11.0. The third-order valence-corrected chi connectivity index (χ3v) is 4.68. The lowest BCUT2D eigenvalue weighted by atomic mass is 10.0. The highest BCUT2D eigenvalue weighted by atomic mass is 32.2. The molecule has 0 radical (unpaired) electrons. The molecule has 0 saturated carbocycles. The van der Waals surface area contributed by atoms with Crippen LogP contribution in [0.1, 0.15) is 26.2 Å². The van der Waals surface area contributed by atoms with E-state index in [4.69, 9.17) is 0 Å². The molecule has 1 saturated heterocycles. The number of nitrogens with zero attached hydrogens (tertiary/aromatic N) is 2. The predicted molar refractivity (Wildman–Crippen MR) is 72.1 cm³/mol. The molecule has 0 atom stereocenters. The molecule has 1 heterocycles. The molecule has 0 aromatic heterocycles. The molecule has 1 aliphatic heterocycles. The maximum Gasteiger partial charge on any atom is 0.147 e. The van der Waals surface area contributed by atoms with Gasteiger partial charge in [0.25, 0.3) is 0 Å². The second-order valence-electron chi connectivity index (χ2n) is 5.13. The summed E-state index contributed by atoms with van der Waals surface area (Å²) in [5.41, 5.74) is 0.